The van der Waals surface area contributed by atoms with Crippen molar-refractivity contribution in [1.82, 2.24) is 24.8 Å². The van der Waals surface area contributed by atoms with Gasteiger partial charge in [-0.3, -0.25) is 4.79 Å². The first-order valence-corrected chi connectivity index (χ1v) is 11.3. The number of amides is 1. The van der Waals surface area contributed by atoms with Crippen molar-refractivity contribution in [2.45, 2.75) is 38.7 Å². The first-order chi connectivity index (χ1) is 16.0. The van der Waals surface area contributed by atoms with Crippen molar-refractivity contribution in [3.05, 3.63) is 53.3 Å². The Labute approximate surface area is 192 Å². The number of hydrogen-bond acceptors (Lipinski definition) is 8. The average Bonchev–Trinajstić information content (AvgIpc) is 3.19. The van der Waals surface area contributed by atoms with Crippen LogP contribution in [-0.4, -0.2) is 64.5 Å². The Morgan fingerprint density at radius 1 is 1.15 bits per heavy atom. The lowest BCUT2D eigenvalue weighted by atomic mass is 9.94. The summed E-state index contributed by atoms with van der Waals surface area (Å²) in [5, 5.41) is 0. The molecule has 1 fully saturated rings. The number of carbonyl (C=O) groups excluding carboxylic acids is 1. The second kappa shape index (κ2) is 8.90. The van der Waals surface area contributed by atoms with Gasteiger partial charge in [-0.05, 0) is 26.2 Å². The van der Waals surface area contributed by atoms with Crippen LogP contribution in [0.15, 0.2) is 29.3 Å². The molecular formula is C24H28N6O3. The molecule has 0 spiro atoms. The predicted molar refractivity (Wildman–Crippen MR) is 122 cm³/mol. The van der Waals surface area contributed by atoms with Gasteiger partial charge in [-0.25, -0.2) is 19.9 Å². The summed E-state index contributed by atoms with van der Waals surface area (Å²) in [6.07, 6.45) is 10.4. The van der Waals surface area contributed by atoms with Crippen molar-refractivity contribution >= 4 is 11.9 Å². The zero-order chi connectivity index (χ0) is 22.9. The van der Waals surface area contributed by atoms with Crippen molar-refractivity contribution in [2.24, 2.45) is 0 Å². The van der Waals surface area contributed by atoms with E-state index in [2.05, 4.69) is 15.0 Å². The third-order valence-electron chi connectivity index (χ3n) is 6.30. The largest absolute Gasteiger partial charge is 0.465 e. The second-order valence-corrected chi connectivity index (χ2v) is 8.74. The maximum absolute atomic E-state index is 13.6. The van der Waals surface area contributed by atoms with Gasteiger partial charge in [-0.15, -0.1) is 0 Å². The highest BCUT2D eigenvalue weighted by molar-refractivity contribution is 5.97. The molecule has 1 atom stereocenters. The molecule has 0 N–H and O–H groups in total. The van der Waals surface area contributed by atoms with Crippen LogP contribution >= 0.6 is 0 Å². The summed E-state index contributed by atoms with van der Waals surface area (Å²) >= 11 is 0. The van der Waals surface area contributed by atoms with Crippen molar-refractivity contribution < 1.29 is 13.9 Å². The van der Waals surface area contributed by atoms with Gasteiger partial charge in [0.2, 0.25) is 5.95 Å². The molecule has 172 valence electrons. The molecule has 2 aliphatic rings. The molecule has 1 aliphatic carbocycles. The molecule has 3 aromatic heterocycles. The van der Waals surface area contributed by atoms with E-state index in [4.69, 9.17) is 14.1 Å². The normalized spacial score (nSPS) is 18.2. The van der Waals surface area contributed by atoms with Crippen molar-refractivity contribution in [3.8, 4) is 11.1 Å². The first kappa shape index (κ1) is 21.5. The number of aromatic nitrogens is 4. The van der Waals surface area contributed by atoms with Crippen molar-refractivity contribution in [2.75, 3.05) is 38.7 Å². The highest BCUT2D eigenvalue weighted by Crippen LogP contribution is 2.34. The number of carbonyl (C=O) groups is 1. The van der Waals surface area contributed by atoms with Crippen LogP contribution in [0.5, 0.6) is 0 Å². The summed E-state index contributed by atoms with van der Waals surface area (Å²) in [7, 11) is 3.79. The van der Waals surface area contributed by atoms with E-state index in [1.807, 2.05) is 30.8 Å². The third kappa shape index (κ3) is 4.08. The zero-order valence-corrected chi connectivity index (χ0v) is 19.2. The van der Waals surface area contributed by atoms with Gasteiger partial charge in [-0.2, -0.15) is 0 Å². The zero-order valence-electron chi connectivity index (χ0n) is 19.2. The number of hydrogen-bond donors (Lipinski definition) is 0. The van der Waals surface area contributed by atoms with Crippen LogP contribution < -0.4 is 4.90 Å². The van der Waals surface area contributed by atoms with Gasteiger partial charge in [0.25, 0.3) is 5.91 Å². The standard InChI is InChI=1S/C24H28N6O3/c1-15-21(17-6-4-5-7-19(17)33-15)23(31)30-8-9-32-20(13-30)22-18(16-10-25-14-26-11-16)12-27-24(28-22)29(2)3/h10-12,14,20H,4-9,13H2,1-3H3/t20-/m1/s1. The molecule has 1 aliphatic heterocycles. The molecule has 5 rings (SSSR count). The molecule has 0 unspecified atom stereocenters. The number of morpholine rings is 1. The van der Waals surface area contributed by atoms with Gasteiger partial charge in [0.1, 0.15) is 24.0 Å². The van der Waals surface area contributed by atoms with Gasteiger partial charge in [0.05, 0.1) is 24.4 Å². The molecule has 0 aromatic carbocycles. The van der Waals surface area contributed by atoms with Gasteiger partial charge >= 0.3 is 0 Å². The van der Waals surface area contributed by atoms with Crippen LogP contribution in [-0.2, 0) is 17.6 Å². The Bertz CT molecular complexity index is 1160. The molecule has 0 bridgehead atoms. The highest BCUT2D eigenvalue weighted by atomic mass is 16.5. The predicted octanol–water partition coefficient (Wildman–Crippen LogP) is 2.99. The van der Waals surface area contributed by atoms with Crippen LogP contribution in [0.4, 0.5) is 5.95 Å². The van der Waals surface area contributed by atoms with Crippen LogP contribution in [0.25, 0.3) is 11.1 Å². The van der Waals surface area contributed by atoms with E-state index in [9.17, 15) is 4.79 Å². The summed E-state index contributed by atoms with van der Waals surface area (Å²) < 4.78 is 12.1. The van der Waals surface area contributed by atoms with E-state index in [0.29, 0.717) is 31.4 Å². The SMILES string of the molecule is Cc1oc2c(c1C(=O)N1CCO[C@@H](c3nc(N(C)C)ncc3-c3cncnc3)C1)CCCC2. The Morgan fingerprint density at radius 2 is 1.94 bits per heavy atom. The fourth-order valence-electron chi connectivity index (χ4n) is 4.65. The Kier molecular flexibility index (Phi) is 5.80. The molecule has 9 nitrogen and oxygen atoms in total. The third-order valence-corrected chi connectivity index (χ3v) is 6.30. The quantitative estimate of drug-likeness (QED) is 0.601. The summed E-state index contributed by atoms with van der Waals surface area (Å²) in [6, 6.07) is 0. The minimum atomic E-state index is -0.386. The number of rotatable bonds is 4. The molecule has 0 radical (unpaired) electrons. The lowest BCUT2D eigenvalue weighted by Gasteiger charge is -2.34. The minimum Gasteiger partial charge on any atom is -0.465 e. The van der Waals surface area contributed by atoms with E-state index >= 15 is 0 Å². The lowest BCUT2D eigenvalue weighted by Crippen LogP contribution is -2.43. The number of furan rings is 1. The minimum absolute atomic E-state index is 0.0131. The van der Waals surface area contributed by atoms with E-state index in [1.54, 1.807) is 18.6 Å². The molecular weight excluding hydrogens is 420 g/mol. The molecule has 1 saturated heterocycles. The highest BCUT2D eigenvalue weighted by Gasteiger charge is 2.33. The Balaban J connectivity index is 1.47. The average molecular weight is 449 g/mol. The van der Waals surface area contributed by atoms with E-state index in [-0.39, 0.29) is 12.0 Å². The fraction of sp³-hybridized carbons (Fsp3) is 0.458. The van der Waals surface area contributed by atoms with E-state index in [0.717, 1.165) is 59.4 Å². The van der Waals surface area contributed by atoms with Gasteiger partial charge in [-0.1, -0.05) is 0 Å². The molecule has 1 amide bonds. The molecule has 33 heavy (non-hydrogen) atoms. The molecule has 0 saturated carbocycles. The second-order valence-electron chi connectivity index (χ2n) is 8.74. The van der Waals surface area contributed by atoms with Crippen LogP contribution in [0, 0.1) is 6.92 Å². The van der Waals surface area contributed by atoms with Crippen LogP contribution in [0.1, 0.15) is 52.1 Å². The number of nitrogens with zero attached hydrogens (tertiary/aromatic N) is 6. The fourth-order valence-corrected chi connectivity index (χ4v) is 4.65. The van der Waals surface area contributed by atoms with Crippen LogP contribution in [0.2, 0.25) is 0 Å². The maximum Gasteiger partial charge on any atom is 0.257 e. The van der Waals surface area contributed by atoms with Gasteiger partial charge < -0.3 is 19.0 Å². The number of anilines is 1. The Morgan fingerprint density at radius 3 is 2.73 bits per heavy atom. The summed E-state index contributed by atoms with van der Waals surface area (Å²) in [6.45, 7) is 3.26. The van der Waals surface area contributed by atoms with Crippen molar-refractivity contribution in [1.29, 1.82) is 0 Å². The first-order valence-electron chi connectivity index (χ1n) is 11.3. The van der Waals surface area contributed by atoms with E-state index in [1.165, 1.54) is 6.33 Å². The van der Waals surface area contributed by atoms with Gasteiger partial charge in [0.15, 0.2) is 0 Å². The number of ether oxygens (including phenoxy) is 1. The van der Waals surface area contributed by atoms with Crippen molar-refractivity contribution in [3.63, 3.8) is 0 Å². The smallest absolute Gasteiger partial charge is 0.257 e. The van der Waals surface area contributed by atoms with E-state index < -0.39 is 0 Å². The molecule has 3 aromatic rings. The number of aryl methyl sites for hydroxylation is 2. The number of fused-ring (bicyclic) bond motifs is 1. The molecule has 9 heteroatoms. The topological polar surface area (TPSA) is 97.5 Å². The summed E-state index contributed by atoms with van der Waals surface area (Å²) in [5.41, 5.74) is 4.17. The Hall–Kier alpha value is -3.33. The summed E-state index contributed by atoms with van der Waals surface area (Å²) in [4.78, 5) is 34.9. The molecule has 4 heterocycles. The maximum atomic E-state index is 13.6. The summed E-state index contributed by atoms with van der Waals surface area (Å²) in [5.74, 6) is 2.29. The monoisotopic (exact) mass is 448 g/mol. The van der Waals surface area contributed by atoms with Crippen LogP contribution in [0.3, 0.4) is 0 Å². The van der Waals surface area contributed by atoms with Gasteiger partial charge in [0, 0.05) is 62.3 Å². The lowest BCUT2D eigenvalue weighted by molar-refractivity contribution is -0.0245.